The number of aromatic nitrogens is 1. The third-order valence-corrected chi connectivity index (χ3v) is 2.92. The van der Waals surface area contributed by atoms with Gasteiger partial charge in [0.2, 0.25) is 5.91 Å². The molecule has 1 amide bonds. The first kappa shape index (κ1) is 11.9. The molecule has 1 fully saturated rings. The molecule has 1 atom stereocenters. The van der Waals surface area contributed by atoms with Crippen LogP contribution in [0.2, 0.25) is 0 Å². The van der Waals surface area contributed by atoms with Gasteiger partial charge in [-0.3, -0.25) is 4.79 Å². The molecule has 0 bridgehead atoms. The minimum absolute atomic E-state index is 0.00715. The van der Waals surface area contributed by atoms with Gasteiger partial charge in [-0.25, -0.2) is 4.98 Å². The number of amides is 1. The van der Waals surface area contributed by atoms with Crippen LogP contribution in [0.3, 0.4) is 0 Å². The van der Waals surface area contributed by atoms with Gasteiger partial charge in [0, 0.05) is 12.2 Å². The van der Waals surface area contributed by atoms with E-state index in [4.69, 9.17) is 0 Å². The molecule has 1 aromatic rings. The summed E-state index contributed by atoms with van der Waals surface area (Å²) in [5, 5.41) is 15.5. The standard InChI is InChI=1S/C12H17N3O2/c1-8-4-5-10(16)11(14-8)15-12(17)9-3-2-6-13-7-9/h4-5,9,13,16H,2-3,6-7H2,1H3,(H,14,15,17)/t9-/m1/s1. The lowest BCUT2D eigenvalue weighted by atomic mass is 9.99. The van der Waals surface area contributed by atoms with Gasteiger partial charge in [-0.2, -0.15) is 0 Å². The molecule has 0 spiro atoms. The summed E-state index contributed by atoms with van der Waals surface area (Å²) in [5.74, 6) is 0.143. The van der Waals surface area contributed by atoms with Crippen molar-refractivity contribution in [2.45, 2.75) is 19.8 Å². The average Bonchev–Trinajstić information content (AvgIpc) is 2.35. The van der Waals surface area contributed by atoms with E-state index in [9.17, 15) is 9.90 Å². The summed E-state index contributed by atoms with van der Waals surface area (Å²) in [4.78, 5) is 16.0. The van der Waals surface area contributed by atoms with Crippen molar-refractivity contribution in [1.29, 1.82) is 0 Å². The van der Waals surface area contributed by atoms with E-state index in [2.05, 4.69) is 15.6 Å². The molecule has 2 rings (SSSR count). The van der Waals surface area contributed by atoms with Crippen LogP contribution in [0.1, 0.15) is 18.5 Å². The summed E-state index contributed by atoms with van der Waals surface area (Å²) in [6.07, 6.45) is 1.89. The second kappa shape index (κ2) is 5.14. The van der Waals surface area contributed by atoms with Crippen LogP contribution in [0.25, 0.3) is 0 Å². The highest BCUT2D eigenvalue weighted by Crippen LogP contribution is 2.21. The fraction of sp³-hybridized carbons (Fsp3) is 0.500. The van der Waals surface area contributed by atoms with Gasteiger partial charge in [0.25, 0.3) is 0 Å². The van der Waals surface area contributed by atoms with Crippen LogP contribution >= 0.6 is 0 Å². The molecule has 92 valence electrons. The smallest absolute Gasteiger partial charge is 0.230 e. The number of pyridine rings is 1. The Morgan fingerprint density at radius 2 is 2.41 bits per heavy atom. The van der Waals surface area contributed by atoms with E-state index in [0.29, 0.717) is 6.54 Å². The third-order valence-electron chi connectivity index (χ3n) is 2.92. The third kappa shape index (κ3) is 2.94. The zero-order valence-corrected chi connectivity index (χ0v) is 9.86. The van der Waals surface area contributed by atoms with Gasteiger partial charge >= 0.3 is 0 Å². The first-order valence-corrected chi connectivity index (χ1v) is 5.85. The van der Waals surface area contributed by atoms with E-state index < -0.39 is 0 Å². The summed E-state index contributed by atoms with van der Waals surface area (Å²) < 4.78 is 0. The van der Waals surface area contributed by atoms with Crippen molar-refractivity contribution in [3.05, 3.63) is 17.8 Å². The molecule has 0 saturated carbocycles. The highest BCUT2D eigenvalue weighted by atomic mass is 16.3. The Labute approximate surface area is 100 Å². The Balaban J connectivity index is 2.04. The van der Waals surface area contributed by atoms with Crippen molar-refractivity contribution >= 4 is 11.7 Å². The Kier molecular flexibility index (Phi) is 3.58. The number of aryl methyl sites for hydroxylation is 1. The van der Waals surface area contributed by atoms with E-state index >= 15 is 0 Å². The molecule has 0 unspecified atom stereocenters. The van der Waals surface area contributed by atoms with Gasteiger partial charge < -0.3 is 15.7 Å². The fourth-order valence-corrected chi connectivity index (χ4v) is 1.94. The molecule has 1 aliphatic rings. The van der Waals surface area contributed by atoms with Gasteiger partial charge in [0.05, 0.1) is 5.92 Å². The maximum atomic E-state index is 11.9. The topological polar surface area (TPSA) is 74.2 Å². The van der Waals surface area contributed by atoms with Crippen LogP contribution in [-0.2, 0) is 4.79 Å². The summed E-state index contributed by atoms with van der Waals surface area (Å²) in [6.45, 7) is 3.48. The normalized spacial score (nSPS) is 19.9. The Morgan fingerprint density at radius 1 is 1.59 bits per heavy atom. The molecule has 0 aromatic carbocycles. The zero-order valence-electron chi connectivity index (χ0n) is 9.86. The van der Waals surface area contributed by atoms with Crippen LogP contribution < -0.4 is 10.6 Å². The second-order valence-corrected chi connectivity index (χ2v) is 4.35. The van der Waals surface area contributed by atoms with Crippen LogP contribution in [0.5, 0.6) is 5.75 Å². The molecule has 1 aliphatic heterocycles. The molecule has 5 nitrogen and oxygen atoms in total. The summed E-state index contributed by atoms with van der Waals surface area (Å²) in [5.41, 5.74) is 0.764. The van der Waals surface area contributed by atoms with Crippen LogP contribution in [0.15, 0.2) is 12.1 Å². The molecule has 0 aliphatic carbocycles. The van der Waals surface area contributed by atoms with Crippen LogP contribution in [0.4, 0.5) is 5.82 Å². The minimum atomic E-state index is -0.0781. The Hall–Kier alpha value is -1.62. The maximum Gasteiger partial charge on any atom is 0.230 e. The lowest BCUT2D eigenvalue weighted by Gasteiger charge is -2.21. The highest BCUT2D eigenvalue weighted by Gasteiger charge is 2.21. The van der Waals surface area contributed by atoms with E-state index in [0.717, 1.165) is 25.1 Å². The second-order valence-electron chi connectivity index (χ2n) is 4.35. The van der Waals surface area contributed by atoms with Gasteiger partial charge in [-0.15, -0.1) is 0 Å². The number of anilines is 1. The van der Waals surface area contributed by atoms with Crippen LogP contribution in [0, 0.1) is 12.8 Å². The van der Waals surface area contributed by atoms with Crippen molar-refractivity contribution in [3.8, 4) is 5.75 Å². The molecular weight excluding hydrogens is 218 g/mol. The monoisotopic (exact) mass is 235 g/mol. The molecule has 0 radical (unpaired) electrons. The largest absolute Gasteiger partial charge is 0.504 e. The highest BCUT2D eigenvalue weighted by molar-refractivity contribution is 5.93. The molecule has 3 N–H and O–H groups in total. The lowest BCUT2D eigenvalue weighted by molar-refractivity contribution is -0.120. The van der Waals surface area contributed by atoms with E-state index in [1.165, 1.54) is 6.07 Å². The molecule has 5 heteroatoms. The molecule has 1 saturated heterocycles. The number of piperidine rings is 1. The Morgan fingerprint density at radius 3 is 3.12 bits per heavy atom. The summed E-state index contributed by atoms with van der Waals surface area (Å²) >= 11 is 0. The van der Waals surface area contributed by atoms with Crippen molar-refractivity contribution in [3.63, 3.8) is 0 Å². The lowest BCUT2D eigenvalue weighted by Crippen LogP contribution is -2.37. The predicted molar refractivity (Wildman–Crippen MR) is 64.9 cm³/mol. The number of carbonyl (C=O) groups is 1. The number of nitrogens with one attached hydrogen (secondary N) is 2. The maximum absolute atomic E-state index is 11.9. The molecular formula is C12H17N3O2. The zero-order chi connectivity index (χ0) is 12.3. The van der Waals surface area contributed by atoms with Crippen molar-refractivity contribution in [2.24, 2.45) is 5.92 Å². The number of aromatic hydroxyl groups is 1. The van der Waals surface area contributed by atoms with E-state index in [1.54, 1.807) is 6.07 Å². The SMILES string of the molecule is Cc1ccc(O)c(NC(=O)[C@@H]2CCCNC2)n1. The van der Waals surface area contributed by atoms with Crippen molar-refractivity contribution in [2.75, 3.05) is 18.4 Å². The first-order valence-electron chi connectivity index (χ1n) is 5.85. The summed E-state index contributed by atoms with van der Waals surface area (Å²) in [7, 11) is 0. The Bertz CT molecular complexity index is 414. The van der Waals surface area contributed by atoms with Crippen molar-refractivity contribution < 1.29 is 9.90 Å². The number of hydrogen-bond donors (Lipinski definition) is 3. The van der Waals surface area contributed by atoms with Gasteiger partial charge in [0.15, 0.2) is 11.6 Å². The van der Waals surface area contributed by atoms with Gasteiger partial charge in [-0.05, 0) is 38.4 Å². The van der Waals surface area contributed by atoms with E-state index in [1.807, 2.05) is 6.92 Å². The fourth-order valence-electron chi connectivity index (χ4n) is 1.94. The molecule has 1 aromatic heterocycles. The average molecular weight is 235 g/mol. The number of carbonyl (C=O) groups excluding carboxylic acids is 1. The summed E-state index contributed by atoms with van der Waals surface area (Å²) in [6, 6.07) is 3.24. The van der Waals surface area contributed by atoms with E-state index in [-0.39, 0.29) is 23.4 Å². The van der Waals surface area contributed by atoms with Crippen LogP contribution in [-0.4, -0.2) is 29.1 Å². The number of hydrogen-bond acceptors (Lipinski definition) is 4. The minimum Gasteiger partial charge on any atom is -0.504 e. The van der Waals surface area contributed by atoms with Crippen molar-refractivity contribution in [1.82, 2.24) is 10.3 Å². The first-order chi connectivity index (χ1) is 8.16. The number of rotatable bonds is 2. The molecule has 2 heterocycles. The number of nitrogens with zero attached hydrogens (tertiary/aromatic N) is 1. The quantitative estimate of drug-likeness (QED) is 0.716. The van der Waals surface area contributed by atoms with Gasteiger partial charge in [0.1, 0.15) is 0 Å². The van der Waals surface area contributed by atoms with Gasteiger partial charge in [-0.1, -0.05) is 0 Å². The molecule has 17 heavy (non-hydrogen) atoms. The predicted octanol–water partition coefficient (Wildman–Crippen LogP) is 1.03.